The lowest BCUT2D eigenvalue weighted by atomic mass is 9.50. The van der Waals surface area contributed by atoms with Gasteiger partial charge in [-0.1, -0.05) is 6.07 Å². The summed E-state index contributed by atoms with van der Waals surface area (Å²) in [6.07, 6.45) is -4.97. The highest BCUT2D eigenvalue weighted by Gasteiger charge is 2.72. The van der Waals surface area contributed by atoms with E-state index in [4.69, 9.17) is 19.3 Å². The van der Waals surface area contributed by atoms with Crippen molar-refractivity contribution in [3.8, 4) is 11.5 Å². The Morgan fingerprint density at radius 1 is 1.15 bits per heavy atom. The van der Waals surface area contributed by atoms with Crippen LogP contribution in [0.1, 0.15) is 37.8 Å². The number of likely N-dealkylation sites (N-methyl/N-ethyl adjacent to an activating group) is 1. The number of aliphatic hydroxyl groups is 3. The number of esters is 2. The molecule has 2 aliphatic carbocycles. The summed E-state index contributed by atoms with van der Waals surface area (Å²) in [4.78, 5) is 50.2. The number of phenols is 1. The van der Waals surface area contributed by atoms with E-state index < -0.39 is 65.3 Å². The molecule has 14 nitrogen and oxygen atoms in total. The van der Waals surface area contributed by atoms with Gasteiger partial charge in [0.1, 0.15) is 11.8 Å². The van der Waals surface area contributed by atoms with E-state index in [2.05, 4.69) is 10.2 Å². The van der Waals surface area contributed by atoms with Crippen molar-refractivity contribution >= 4 is 23.8 Å². The molecule has 0 radical (unpaired) electrons. The number of nitrogens with one attached hydrogen (secondary N) is 1. The molecule has 2 unspecified atom stereocenters. The highest BCUT2D eigenvalue weighted by molar-refractivity contribution is 5.90. The second kappa shape index (κ2) is 9.98. The van der Waals surface area contributed by atoms with Crippen molar-refractivity contribution in [3.63, 3.8) is 0 Å². The monoisotopic (exact) mass is 576 g/mol. The highest BCUT2D eigenvalue weighted by atomic mass is 16.6. The molecule has 1 saturated heterocycles. The van der Waals surface area contributed by atoms with Gasteiger partial charge in [-0.3, -0.25) is 9.59 Å². The van der Waals surface area contributed by atoms with Crippen LogP contribution in [0.25, 0.3) is 0 Å². The van der Waals surface area contributed by atoms with Crippen molar-refractivity contribution in [2.45, 2.75) is 80.6 Å². The molecule has 1 amide bonds. The fourth-order valence-electron chi connectivity index (χ4n) is 6.56. The molecule has 0 aromatic heterocycles. The summed E-state index contributed by atoms with van der Waals surface area (Å²) in [5, 5.41) is 54.4. The molecule has 41 heavy (non-hydrogen) atoms. The third-order valence-corrected chi connectivity index (χ3v) is 8.75. The normalized spacial score (nSPS) is 30.4. The smallest absolute Gasteiger partial charge is 0.343 e. The average molecular weight is 577 g/mol. The molecular weight excluding hydrogens is 544 g/mol. The number of carbonyl (C=O) groups is 4. The minimum atomic E-state index is -2.44. The average Bonchev–Trinajstić information content (AvgIpc) is 3.28. The second-order valence-electron chi connectivity index (χ2n) is 11.1. The zero-order valence-corrected chi connectivity index (χ0v) is 22.6. The van der Waals surface area contributed by atoms with Crippen LogP contribution >= 0.6 is 0 Å². The fraction of sp³-hybridized carbons (Fsp3) is 0.556. The first-order valence-corrected chi connectivity index (χ1v) is 13.2. The van der Waals surface area contributed by atoms with Gasteiger partial charge < -0.3 is 50.0 Å². The van der Waals surface area contributed by atoms with Crippen LogP contribution < -0.4 is 10.1 Å². The zero-order valence-electron chi connectivity index (χ0n) is 22.6. The number of aromatic hydroxyl groups is 1. The molecule has 222 valence electrons. The number of amides is 1. The first-order valence-electron chi connectivity index (χ1n) is 13.2. The molecule has 1 fully saturated rings. The molecular formula is C27H32N2O12. The number of hydrogen-bond donors (Lipinski definition) is 6. The van der Waals surface area contributed by atoms with Crippen molar-refractivity contribution in [1.29, 1.82) is 0 Å². The van der Waals surface area contributed by atoms with E-state index in [1.807, 2.05) is 7.05 Å². The quantitative estimate of drug-likeness (QED) is 0.194. The molecule has 1 aromatic rings. The predicted molar refractivity (Wildman–Crippen MR) is 135 cm³/mol. The van der Waals surface area contributed by atoms with Gasteiger partial charge in [0.25, 0.3) is 5.91 Å². The van der Waals surface area contributed by atoms with Crippen LogP contribution in [-0.2, 0) is 40.5 Å². The van der Waals surface area contributed by atoms with Crippen LogP contribution in [0.5, 0.6) is 11.5 Å². The van der Waals surface area contributed by atoms with Crippen LogP contribution in [0.2, 0.25) is 0 Å². The Bertz CT molecular complexity index is 1350. The lowest BCUT2D eigenvalue weighted by Crippen LogP contribution is -2.74. The number of aliphatic carboxylic acids is 1. The van der Waals surface area contributed by atoms with Gasteiger partial charge in [-0.2, -0.15) is 0 Å². The second-order valence-corrected chi connectivity index (χ2v) is 11.1. The molecule has 8 atom stereocenters. The largest absolute Gasteiger partial charge is 0.504 e. The Hall–Kier alpha value is -3.72. The van der Waals surface area contributed by atoms with E-state index in [1.54, 1.807) is 6.07 Å². The van der Waals surface area contributed by atoms with Crippen LogP contribution in [0, 0.1) is 0 Å². The van der Waals surface area contributed by atoms with Crippen molar-refractivity contribution in [2.24, 2.45) is 0 Å². The van der Waals surface area contributed by atoms with E-state index >= 15 is 0 Å². The number of benzene rings is 1. The summed E-state index contributed by atoms with van der Waals surface area (Å²) in [6.45, 7) is 2.90. The predicted octanol–water partition coefficient (Wildman–Crippen LogP) is -1.54. The summed E-state index contributed by atoms with van der Waals surface area (Å²) >= 11 is 0. The van der Waals surface area contributed by atoms with Crippen LogP contribution in [-0.4, -0.2) is 110 Å². The van der Waals surface area contributed by atoms with Crippen molar-refractivity contribution < 1.29 is 58.9 Å². The van der Waals surface area contributed by atoms with Gasteiger partial charge >= 0.3 is 17.9 Å². The molecule has 0 saturated carbocycles. The van der Waals surface area contributed by atoms with Gasteiger partial charge in [0.15, 0.2) is 35.9 Å². The Morgan fingerprint density at radius 3 is 2.51 bits per heavy atom. The van der Waals surface area contributed by atoms with Crippen LogP contribution in [0.3, 0.4) is 0 Å². The number of aliphatic hydroxyl groups excluding tert-OH is 2. The Morgan fingerprint density at radius 2 is 1.83 bits per heavy atom. The Kier molecular flexibility index (Phi) is 7.01. The summed E-state index contributed by atoms with van der Waals surface area (Å²) in [5.41, 5.74) is -0.828. The Labute approximate surface area is 234 Å². The molecule has 2 heterocycles. The molecule has 14 heteroatoms. The molecule has 5 rings (SSSR count). The standard InChI is InChI=1S/C27H32N2O12/c1-11(23(34)35)28-22(33)12(2)39-24(36)18(31)19(32)25(37)40-15-6-7-27(38)16-10-13-4-5-14(30)20-17(13)26(27,21(15)41-20)8-9-29(16)3/h4-6,11-12,16,18-19,21,30-32,38H,7-10H2,1-3H3,(H,28,33)(H,34,35)/t11?,12?,16-,18-,19-,21+,26+,27-/m1/s1. The summed E-state index contributed by atoms with van der Waals surface area (Å²) in [6, 6.07) is 1.74. The first-order chi connectivity index (χ1) is 19.2. The van der Waals surface area contributed by atoms with Crippen LogP contribution in [0.15, 0.2) is 24.0 Å². The van der Waals surface area contributed by atoms with Crippen LogP contribution in [0.4, 0.5) is 0 Å². The molecule has 4 aliphatic rings. The van der Waals surface area contributed by atoms with Gasteiger partial charge in [0.2, 0.25) is 0 Å². The van der Waals surface area contributed by atoms with Gasteiger partial charge in [0, 0.05) is 18.0 Å². The lowest BCUT2D eigenvalue weighted by Gasteiger charge is -2.61. The van der Waals surface area contributed by atoms with E-state index in [-0.39, 0.29) is 29.7 Å². The summed E-state index contributed by atoms with van der Waals surface area (Å²) < 4.78 is 16.4. The zero-order chi connectivity index (χ0) is 30.0. The third-order valence-electron chi connectivity index (χ3n) is 8.75. The highest BCUT2D eigenvalue weighted by Crippen LogP contribution is 2.65. The minimum absolute atomic E-state index is 0.0542. The number of likely N-dealkylation sites (tertiary alicyclic amines) is 1. The van der Waals surface area contributed by atoms with Crippen molar-refractivity contribution in [3.05, 3.63) is 35.1 Å². The number of hydrogen-bond acceptors (Lipinski definition) is 12. The number of rotatable bonds is 8. The minimum Gasteiger partial charge on any atom is -0.504 e. The molecule has 2 aliphatic heterocycles. The van der Waals surface area contributed by atoms with Gasteiger partial charge in [0.05, 0.1) is 11.0 Å². The number of ether oxygens (including phenoxy) is 3. The van der Waals surface area contributed by atoms with Crippen molar-refractivity contribution in [1.82, 2.24) is 10.2 Å². The van der Waals surface area contributed by atoms with Crippen molar-refractivity contribution in [2.75, 3.05) is 13.6 Å². The molecule has 1 spiro atoms. The SMILES string of the molecule is CC(NC(=O)C(C)OC(=O)[C@H](O)[C@@H](O)C(=O)OC1=CC[C@@]2(O)[C@H]3Cc4ccc(O)c5c4[C@@]2(CCN3C)[C@H]1O5)C(=O)O. The summed E-state index contributed by atoms with van der Waals surface area (Å²) in [7, 11) is 1.92. The number of carboxylic acid groups (broad SMARTS) is 1. The fourth-order valence-corrected chi connectivity index (χ4v) is 6.56. The van der Waals surface area contributed by atoms with E-state index in [0.717, 1.165) is 12.5 Å². The molecule has 2 bridgehead atoms. The first kappa shape index (κ1) is 28.8. The van der Waals surface area contributed by atoms with Gasteiger partial charge in [-0.05, 0) is 58.0 Å². The lowest BCUT2D eigenvalue weighted by molar-refractivity contribution is -0.181. The number of carbonyl (C=O) groups excluding carboxylic acids is 3. The van der Waals surface area contributed by atoms with E-state index in [0.29, 0.717) is 24.9 Å². The van der Waals surface area contributed by atoms with Gasteiger partial charge in [-0.15, -0.1) is 0 Å². The third kappa shape index (κ3) is 4.24. The molecule has 6 N–H and O–H groups in total. The Balaban J connectivity index is 1.33. The summed E-state index contributed by atoms with van der Waals surface area (Å²) in [5.74, 6) is -5.23. The number of carboxylic acids is 1. The topological polar surface area (TPSA) is 212 Å². The van der Waals surface area contributed by atoms with Gasteiger partial charge in [-0.25, -0.2) is 9.59 Å². The van der Waals surface area contributed by atoms with E-state index in [9.17, 15) is 39.6 Å². The number of phenolic OH excluding ortho intramolecular Hbond substituents is 1. The maximum atomic E-state index is 12.9. The maximum absolute atomic E-state index is 12.9. The molecule has 1 aromatic carbocycles. The maximum Gasteiger partial charge on any atom is 0.343 e. The number of piperidine rings is 1. The van der Waals surface area contributed by atoms with E-state index in [1.165, 1.54) is 19.1 Å². The number of nitrogens with zero attached hydrogens (tertiary/aromatic N) is 1.